The van der Waals surface area contributed by atoms with Crippen LogP contribution in [-0.4, -0.2) is 33.3 Å². The van der Waals surface area contributed by atoms with Crippen molar-refractivity contribution in [3.05, 3.63) is 77.0 Å². The molecule has 7 nitrogen and oxygen atoms in total. The van der Waals surface area contributed by atoms with Crippen molar-refractivity contribution in [1.29, 1.82) is 0 Å². The maximum absolute atomic E-state index is 14.6. The zero-order valence-corrected chi connectivity index (χ0v) is 19.6. The third-order valence-corrected chi connectivity index (χ3v) is 5.26. The highest BCUT2D eigenvalue weighted by Gasteiger charge is 2.38. The number of hydrogen-bond donors (Lipinski definition) is 1. The minimum absolute atomic E-state index is 0.0407. The molecule has 0 fully saturated rings. The van der Waals surface area contributed by atoms with Gasteiger partial charge in [0.05, 0.1) is 34.7 Å². The average molecular weight is 479 g/mol. The van der Waals surface area contributed by atoms with E-state index in [9.17, 15) is 23.2 Å². The lowest BCUT2D eigenvalue weighted by Crippen LogP contribution is -2.37. The molecule has 0 saturated heterocycles. The molecule has 1 N–H and O–H groups in total. The van der Waals surface area contributed by atoms with Gasteiger partial charge in [-0.2, -0.15) is 0 Å². The fourth-order valence-corrected chi connectivity index (χ4v) is 3.68. The van der Waals surface area contributed by atoms with Gasteiger partial charge in [0.2, 0.25) is 0 Å². The monoisotopic (exact) mass is 479 g/mol. The first-order valence-electron chi connectivity index (χ1n) is 10.9. The molecule has 9 heteroatoms. The first kappa shape index (κ1) is 24.0. The van der Waals surface area contributed by atoms with Gasteiger partial charge in [-0.1, -0.05) is 6.07 Å². The van der Waals surface area contributed by atoms with Crippen LogP contribution >= 0.6 is 0 Å². The lowest BCUT2D eigenvalue weighted by atomic mass is 10.1. The van der Waals surface area contributed by atoms with E-state index in [0.29, 0.717) is 11.3 Å². The van der Waals surface area contributed by atoms with Gasteiger partial charge in [0.15, 0.2) is 5.78 Å². The Kier molecular flexibility index (Phi) is 6.10. The van der Waals surface area contributed by atoms with Crippen molar-refractivity contribution in [2.24, 2.45) is 0 Å². The minimum atomic E-state index is -0.851. The third kappa shape index (κ3) is 4.89. The number of carbonyl (C=O) groups is 3. The number of rotatable bonds is 4. The van der Waals surface area contributed by atoms with Crippen molar-refractivity contribution in [3.63, 3.8) is 0 Å². The van der Waals surface area contributed by atoms with Crippen LogP contribution in [0.2, 0.25) is 0 Å². The summed E-state index contributed by atoms with van der Waals surface area (Å²) in [4.78, 5) is 42.7. The molecule has 0 bridgehead atoms. The topological polar surface area (TPSA) is 88.6 Å². The van der Waals surface area contributed by atoms with E-state index >= 15 is 0 Å². The molecule has 0 atom stereocenters. The molecule has 1 aromatic heterocycles. The molecule has 35 heavy (non-hydrogen) atoms. The summed E-state index contributed by atoms with van der Waals surface area (Å²) in [5.74, 6) is -2.39. The molecule has 0 saturated carbocycles. The molecule has 0 unspecified atom stereocenters. The van der Waals surface area contributed by atoms with Gasteiger partial charge in [-0.3, -0.25) is 9.59 Å². The fourth-order valence-electron chi connectivity index (χ4n) is 3.68. The van der Waals surface area contributed by atoms with Gasteiger partial charge in [0, 0.05) is 11.3 Å². The molecule has 2 aromatic carbocycles. The van der Waals surface area contributed by atoms with Crippen molar-refractivity contribution in [1.82, 2.24) is 9.88 Å². The van der Waals surface area contributed by atoms with Crippen LogP contribution < -0.4 is 5.32 Å². The normalized spacial score (nSPS) is 13.0. The highest BCUT2D eigenvalue weighted by molar-refractivity contribution is 6.10. The Labute approximate surface area is 200 Å². The second-order valence-corrected chi connectivity index (χ2v) is 9.10. The van der Waals surface area contributed by atoms with Crippen LogP contribution in [0.5, 0.6) is 0 Å². The van der Waals surface area contributed by atoms with Crippen LogP contribution in [0.4, 0.5) is 25.0 Å². The van der Waals surface area contributed by atoms with Crippen molar-refractivity contribution in [2.45, 2.75) is 39.8 Å². The third-order valence-electron chi connectivity index (χ3n) is 5.26. The molecule has 2 amide bonds. The average Bonchev–Trinajstić information content (AvgIpc) is 3.10. The number of imide groups is 1. The summed E-state index contributed by atoms with van der Waals surface area (Å²) in [5.41, 5.74) is 0.258. The molecule has 1 aliphatic rings. The summed E-state index contributed by atoms with van der Waals surface area (Å²) in [6, 6.07) is 11.3. The number of ketones is 1. The Morgan fingerprint density at radius 1 is 1.03 bits per heavy atom. The number of amides is 2. The van der Waals surface area contributed by atoms with Crippen molar-refractivity contribution >= 4 is 29.2 Å². The molecular weight excluding hydrogens is 456 g/mol. The standard InChI is InChI=1S/C26H23F2N3O4/c1-14(32)15-8-10-16(11-9-15)29-20-12-19(22-17(27)6-5-7-18(22)28)30-21-13-31(24(33)23(20)21)25(34)35-26(2,3)4/h5-12H,13H2,1-4H3,(H,29,30). The second kappa shape index (κ2) is 8.90. The number of anilines is 2. The highest BCUT2D eigenvalue weighted by Crippen LogP contribution is 2.36. The predicted octanol–water partition coefficient (Wildman–Crippen LogP) is 5.86. The maximum Gasteiger partial charge on any atom is 0.417 e. The van der Waals surface area contributed by atoms with E-state index in [1.54, 1.807) is 45.0 Å². The predicted molar refractivity (Wildman–Crippen MR) is 125 cm³/mol. The largest absolute Gasteiger partial charge is 0.443 e. The molecule has 0 spiro atoms. The summed E-state index contributed by atoms with van der Waals surface area (Å²) < 4.78 is 34.4. The molecule has 3 aromatic rings. The van der Waals surface area contributed by atoms with E-state index in [2.05, 4.69) is 10.3 Å². The van der Waals surface area contributed by atoms with Gasteiger partial charge in [0.25, 0.3) is 5.91 Å². The fraction of sp³-hybridized carbons (Fsp3) is 0.231. The first-order valence-corrected chi connectivity index (χ1v) is 10.9. The van der Waals surface area contributed by atoms with Crippen molar-refractivity contribution in [3.8, 4) is 11.3 Å². The zero-order chi connectivity index (χ0) is 25.5. The Balaban J connectivity index is 1.80. The summed E-state index contributed by atoms with van der Waals surface area (Å²) >= 11 is 0. The van der Waals surface area contributed by atoms with Crippen molar-refractivity contribution < 1.29 is 27.9 Å². The maximum atomic E-state index is 14.6. The number of benzene rings is 2. The van der Waals surface area contributed by atoms with E-state index < -0.39 is 29.2 Å². The number of aromatic nitrogens is 1. The van der Waals surface area contributed by atoms with E-state index in [1.807, 2.05) is 0 Å². The summed E-state index contributed by atoms with van der Waals surface area (Å²) in [6.45, 7) is 6.25. The number of nitrogens with zero attached hydrogens (tertiary/aromatic N) is 2. The molecular formula is C26H23F2N3O4. The zero-order valence-electron chi connectivity index (χ0n) is 19.6. The van der Waals surface area contributed by atoms with Gasteiger partial charge >= 0.3 is 6.09 Å². The van der Waals surface area contributed by atoms with E-state index in [0.717, 1.165) is 17.0 Å². The van der Waals surface area contributed by atoms with Crippen LogP contribution in [-0.2, 0) is 11.3 Å². The molecule has 0 aliphatic carbocycles. The number of Topliss-reactive ketones (excluding diaryl/α,β-unsaturated/α-hetero) is 1. The van der Waals surface area contributed by atoms with Gasteiger partial charge in [-0.15, -0.1) is 0 Å². The quantitative estimate of drug-likeness (QED) is 0.471. The number of hydrogen-bond acceptors (Lipinski definition) is 6. The minimum Gasteiger partial charge on any atom is -0.443 e. The Bertz CT molecular complexity index is 1330. The highest BCUT2D eigenvalue weighted by atomic mass is 19.1. The van der Waals surface area contributed by atoms with Crippen LogP contribution in [0, 0.1) is 11.6 Å². The van der Waals surface area contributed by atoms with Gasteiger partial charge in [0.1, 0.15) is 17.2 Å². The van der Waals surface area contributed by atoms with Gasteiger partial charge < -0.3 is 10.1 Å². The smallest absolute Gasteiger partial charge is 0.417 e. The van der Waals surface area contributed by atoms with Gasteiger partial charge in [-0.25, -0.2) is 23.5 Å². The number of halogens is 2. The number of pyridine rings is 1. The molecule has 1 aliphatic heterocycles. The summed E-state index contributed by atoms with van der Waals surface area (Å²) in [5, 5.41) is 3.06. The molecule has 180 valence electrons. The number of fused-ring (bicyclic) bond motifs is 1. The van der Waals surface area contributed by atoms with E-state index in [1.165, 1.54) is 19.1 Å². The molecule has 4 rings (SSSR count). The second-order valence-electron chi connectivity index (χ2n) is 9.10. The summed E-state index contributed by atoms with van der Waals surface area (Å²) in [7, 11) is 0. The van der Waals surface area contributed by atoms with E-state index in [4.69, 9.17) is 4.74 Å². The number of ether oxygens (including phenoxy) is 1. The molecule has 2 heterocycles. The first-order chi connectivity index (χ1) is 16.4. The number of nitrogens with one attached hydrogen (secondary N) is 1. The number of carbonyl (C=O) groups excluding carboxylic acids is 3. The van der Waals surface area contributed by atoms with Gasteiger partial charge in [-0.05, 0) is 70.2 Å². The van der Waals surface area contributed by atoms with Crippen LogP contribution in [0.15, 0.2) is 48.5 Å². The van der Waals surface area contributed by atoms with E-state index in [-0.39, 0.29) is 40.5 Å². The molecule has 0 radical (unpaired) electrons. The Morgan fingerprint density at radius 3 is 2.23 bits per heavy atom. The Morgan fingerprint density at radius 2 is 1.66 bits per heavy atom. The Hall–Kier alpha value is -4.14. The van der Waals surface area contributed by atoms with Crippen LogP contribution in [0.1, 0.15) is 54.1 Å². The van der Waals surface area contributed by atoms with Crippen LogP contribution in [0.25, 0.3) is 11.3 Å². The lowest BCUT2D eigenvalue weighted by Gasteiger charge is -2.23. The SMILES string of the molecule is CC(=O)c1ccc(Nc2cc(-c3c(F)cccc3F)nc3c2C(=O)N(C(=O)OC(C)(C)C)C3)cc1. The van der Waals surface area contributed by atoms with Crippen molar-refractivity contribution in [2.75, 3.05) is 5.32 Å². The van der Waals surface area contributed by atoms with Crippen LogP contribution in [0.3, 0.4) is 0 Å². The lowest BCUT2D eigenvalue weighted by molar-refractivity contribution is 0.0247. The summed E-state index contributed by atoms with van der Waals surface area (Å²) in [6.07, 6.45) is -0.851.